The smallest absolute Gasteiger partial charge is 0.293 e. The second-order valence-electron chi connectivity index (χ2n) is 6.89. The van der Waals surface area contributed by atoms with Gasteiger partial charge < -0.3 is 19.5 Å². The molecule has 11 heteroatoms. The van der Waals surface area contributed by atoms with Crippen molar-refractivity contribution in [1.82, 2.24) is 5.32 Å². The number of nitro groups is 1. The average Bonchev–Trinajstić information content (AvgIpc) is 3.52. The number of non-ortho nitro benzene ring substituents is 1. The minimum Gasteiger partial charge on any atom is -0.459 e. The van der Waals surface area contributed by atoms with E-state index < -0.39 is 16.7 Å². The number of anilines is 2. The number of hydrogen-bond acceptors (Lipinski definition) is 7. The Hall–Kier alpha value is -4.77. The molecule has 34 heavy (non-hydrogen) atoms. The molecule has 0 radical (unpaired) electrons. The number of hydrogen-bond donors (Lipinski definition) is 3. The molecule has 2 aromatic carbocycles. The second-order valence-corrected chi connectivity index (χ2v) is 7.30. The number of benzene rings is 2. The normalized spacial score (nSPS) is 10.4. The Morgan fingerprint density at radius 2 is 1.62 bits per heavy atom. The maximum atomic E-state index is 12.5. The van der Waals surface area contributed by atoms with Crippen LogP contribution in [0.25, 0.3) is 11.3 Å². The second kappa shape index (κ2) is 9.79. The lowest BCUT2D eigenvalue weighted by Crippen LogP contribution is -2.33. The number of amides is 2. The molecule has 0 aliphatic carbocycles. The topological polar surface area (TPSA) is 140 Å². The number of nitro benzene ring substituents is 1. The number of nitrogens with one attached hydrogen (secondary N) is 3. The summed E-state index contributed by atoms with van der Waals surface area (Å²) in [6.45, 7) is 0. The van der Waals surface area contributed by atoms with E-state index in [0.29, 0.717) is 22.7 Å². The first-order valence-corrected chi connectivity index (χ1v) is 10.2. The molecule has 170 valence electrons. The Bertz CT molecular complexity index is 1380. The Morgan fingerprint density at radius 3 is 2.35 bits per heavy atom. The number of carbonyl (C=O) groups excluding carboxylic acids is 2. The summed E-state index contributed by atoms with van der Waals surface area (Å²) >= 11 is 5.19. The first-order chi connectivity index (χ1) is 16.4. The first kappa shape index (κ1) is 22.4. The predicted octanol–water partition coefficient (Wildman–Crippen LogP) is 4.83. The van der Waals surface area contributed by atoms with Crippen LogP contribution in [0.2, 0.25) is 0 Å². The fourth-order valence-corrected chi connectivity index (χ4v) is 3.20. The van der Waals surface area contributed by atoms with Gasteiger partial charge in [-0.25, -0.2) is 0 Å². The van der Waals surface area contributed by atoms with Crippen LogP contribution in [0.5, 0.6) is 0 Å². The van der Waals surface area contributed by atoms with E-state index in [1.165, 1.54) is 36.6 Å². The molecule has 2 heterocycles. The summed E-state index contributed by atoms with van der Waals surface area (Å²) in [5.74, 6) is -0.561. The minimum atomic E-state index is -0.601. The molecule has 0 fully saturated rings. The quantitative estimate of drug-likeness (QED) is 0.204. The highest BCUT2D eigenvalue weighted by atomic mass is 32.1. The third-order valence-corrected chi connectivity index (χ3v) is 4.73. The highest BCUT2D eigenvalue weighted by Crippen LogP contribution is 2.25. The lowest BCUT2D eigenvalue weighted by Gasteiger charge is -2.10. The lowest BCUT2D eigenvalue weighted by atomic mass is 10.1. The molecule has 0 saturated carbocycles. The van der Waals surface area contributed by atoms with Crippen molar-refractivity contribution in [3.8, 4) is 11.3 Å². The molecule has 4 aromatic rings. The first-order valence-electron chi connectivity index (χ1n) is 9.81. The maximum absolute atomic E-state index is 12.5. The Balaban J connectivity index is 1.37. The molecule has 2 amide bonds. The standard InChI is InChI=1S/C23H16N4O6S/c28-21(19-8-3-11-32-19)24-15-5-2-6-16(13-15)25-23(34)26-22(29)20-10-9-18(33-20)14-4-1-7-17(12-14)27(30)31/h1-13H,(H,24,28)(H2,25,26,29,34). The van der Waals surface area contributed by atoms with Crippen molar-refractivity contribution in [3.63, 3.8) is 0 Å². The average molecular weight is 476 g/mol. The Kier molecular flexibility index (Phi) is 6.46. The molecule has 0 atom stereocenters. The van der Waals surface area contributed by atoms with Crippen LogP contribution in [0.15, 0.2) is 87.9 Å². The van der Waals surface area contributed by atoms with Gasteiger partial charge in [-0.15, -0.1) is 0 Å². The summed E-state index contributed by atoms with van der Waals surface area (Å²) in [5, 5.41) is 19.0. The zero-order valence-electron chi connectivity index (χ0n) is 17.3. The van der Waals surface area contributed by atoms with Crippen LogP contribution in [0.3, 0.4) is 0 Å². The van der Waals surface area contributed by atoms with Crippen molar-refractivity contribution < 1.29 is 23.3 Å². The van der Waals surface area contributed by atoms with Crippen molar-refractivity contribution in [2.24, 2.45) is 0 Å². The van der Waals surface area contributed by atoms with Crippen LogP contribution in [-0.2, 0) is 0 Å². The third-order valence-electron chi connectivity index (χ3n) is 4.52. The van der Waals surface area contributed by atoms with Gasteiger partial charge in [-0.1, -0.05) is 18.2 Å². The molecule has 0 aliphatic heterocycles. The van der Waals surface area contributed by atoms with Gasteiger partial charge in [-0.3, -0.25) is 25.0 Å². The van der Waals surface area contributed by atoms with Crippen LogP contribution in [-0.4, -0.2) is 21.9 Å². The lowest BCUT2D eigenvalue weighted by molar-refractivity contribution is -0.384. The fraction of sp³-hybridized carbons (Fsp3) is 0. The van der Waals surface area contributed by atoms with Gasteiger partial charge in [0.2, 0.25) is 0 Å². The minimum absolute atomic E-state index is 0.00723. The van der Waals surface area contributed by atoms with Crippen molar-refractivity contribution in [3.05, 3.63) is 101 Å². The Morgan fingerprint density at radius 1 is 0.853 bits per heavy atom. The zero-order valence-corrected chi connectivity index (χ0v) is 18.1. The molecule has 0 saturated heterocycles. The summed E-state index contributed by atoms with van der Waals surface area (Å²) in [6, 6.07) is 18.7. The highest BCUT2D eigenvalue weighted by molar-refractivity contribution is 7.80. The number of nitrogens with zero attached hydrogens (tertiary/aromatic N) is 1. The number of furan rings is 2. The van der Waals surface area contributed by atoms with Gasteiger partial charge >= 0.3 is 0 Å². The van der Waals surface area contributed by atoms with E-state index in [1.807, 2.05) is 0 Å². The van der Waals surface area contributed by atoms with Crippen LogP contribution >= 0.6 is 12.2 Å². The van der Waals surface area contributed by atoms with E-state index in [-0.39, 0.29) is 22.3 Å². The summed E-state index contributed by atoms with van der Waals surface area (Å²) in [4.78, 5) is 35.1. The number of carbonyl (C=O) groups is 2. The van der Waals surface area contributed by atoms with Gasteiger partial charge in [0.15, 0.2) is 16.6 Å². The molecule has 10 nitrogen and oxygen atoms in total. The van der Waals surface area contributed by atoms with Crippen LogP contribution in [0.4, 0.5) is 17.1 Å². The molecular weight excluding hydrogens is 460 g/mol. The summed E-state index contributed by atoms with van der Waals surface area (Å²) in [6.07, 6.45) is 1.40. The van der Waals surface area contributed by atoms with Gasteiger partial charge in [0.05, 0.1) is 11.2 Å². The van der Waals surface area contributed by atoms with Gasteiger partial charge in [-0.05, 0) is 54.7 Å². The molecule has 2 aromatic heterocycles. The zero-order chi connectivity index (χ0) is 24.1. The van der Waals surface area contributed by atoms with Crippen molar-refractivity contribution in [2.75, 3.05) is 10.6 Å². The molecule has 0 spiro atoms. The largest absolute Gasteiger partial charge is 0.459 e. The van der Waals surface area contributed by atoms with Crippen LogP contribution in [0, 0.1) is 10.1 Å². The predicted molar refractivity (Wildman–Crippen MR) is 128 cm³/mol. The van der Waals surface area contributed by atoms with E-state index in [1.54, 1.807) is 42.5 Å². The van der Waals surface area contributed by atoms with Gasteiger partial charge in [0, 0.05) is 29.1 Å². The molecule has 0 bridgehead atoms. The Labute approximate surface area is 197 Å². The fourth-order valence-electron chi connectivity index (χ4n) is 2.99. The van der Waals surface area contributed by atoms with Gasteiger partial charge in [0.25, 0.3) is 17.5 Å². The monoisotopic (exact) mass is 476 g/mol. The van der Waals surface area contributed by atoms with Crippen molar-refractivity contribution in [2.45, 2.75) is 0 Å². The molecular formula is C23H16N4O6S. The van der Waals surface area contributed by atoms with E-state index in [9.17, 15) is 19.7 Å². The van der Waals surface area contributed by atoms with Crippen LogP contribution < -0.4 is 16.0 Å². The maximum Gasteiger partial charge on any atom is 0.293 e. The summed E-state index contributed by atoms with van der Waals surface area (Å²) in [7, 11) is 0. The summed E-state index contributed by atoms with van der Waals surface area (Å²) < 4.78 is 10.6. The van der Waals surface area contributed by atoms with E-state index >= 15 is 0 Å². The SMILES string of the molecule is O=C(Nc1cccc(NC(=S)NC(=O)c2ccc(-c3cccc([N+](=O)[O-])c3)o2)c1)c1ccco1. The number of rotatable bonds is 6. The van der Waals surface area contributed by atoms with E-state index in [0.717, 1.165) is 0 Å². The summed E-state index contributed by atoms with van der Waals surface area (Å²) in [5.41, 5.74) is 1.39. The van der Waals surface area contributed by atoms with Crippen molar-refractivity contribution >= 4 is 46.2 Å². The molecule has 0 unspecified atom stereocenters. The van der Waals surface area contributed by atoms with E-state index in [4.69, 9.17) is 21.1 Å². The number of thiocarbonyl (C=S) groups is 1. The van der Waals surface area contributed by atoms with Gasteiger partial charge in [-0.2, -0.15) is 0 Å². The van der Waals surface area contributed by atoms with E-state index in [2.05, 4.69) is 16.0 Å². The molecule has 4 rings (SSSR count). The van der Waals surface area contributed by atoms with Crippen molar-refractivity contribution in [1.29, 1.82) is 0 Å². The van der Waals surface area contributed by atoms with Crippen LogP contribution in [0.1, 0.15) is 21.1 Å². The third kappa shape index (κ3) is 5.34. The van der Waals surface area contributed by atoms with Gasteiger partial charge in [0.1, 0.15) is 5.76 Å². The molecule has 3 N–H and O–H groups in total. The molecule has 0 aliphatic rings. The highest BCUT2D eigenvalue weighted by Gasteiger charge is 2.16.